The van der Waals surface area contributed by atoms with Crippen molar-refractivity contribution in [3.63, 3.8) is 0 Å². The number of hydrogen-bond donors (Lipinski definition) is 2. The Morgan fingerprint density at radius 3 is 3.09 bits per heavy atom. The van der Waals surface area contributed by atoms with Crippen LogP contribution in [-0.4, -0.2) is 46.4 Å². The van der Waals surface area contributed by atoms with Crippen molar-refractivity contribution in [1.82, 2.24) is 14.9 Å². The zero-order chi connectivity index (χ0) is 16.1. The van der Waals surface area contributed by atoms with Gasteiger partial charge in [-0.05, 0) is 37.0 Å². The van der Waals surface area contributed by atoms with Crippen molar-refractivity contribution in [3.8, 4) is 5.69 Å². The predicted molar refractivity (Wildman–Crippen MR) is 85.4 cm³/mol. The Kier molecular flexibility index (Phi) is 5.05. The van der Waals surface area contributed by atoms with Crippen LogP contribution in [0.5, 0.6) is 0 Å². The second-order valence-electron chi connectivity index (χ2n) is 5.86. The molecule has 1 saturated carbocycles. The number of hydrogen-bond acceptors (Lipinski definition) is 4. The number of amides is 1. The Bertz CT molecular complexity index is 638. The predicted octanol–water partition coefficient (Wildman–Crippen LogP) is 1.39. The first kappa shape index (κ1) is 15.7. The van der Waals surface area contributed by atoms with Crippen LogP contribution in [0.2, 0.25) is 0 Å². The molecule has 1 unspecified atom stereocenters. The summed E-state index contributed by atoms with van der Waals surface area (Å²) in [6, 6.07) is 7.25. The van der Waals surface area contributed by atoms with Crippen LogP contribution in [0.15, 0.2) is 43.0 Å². The van der Waals surface area contributed by atoms with Crippen molar-refractivity contribution in [3.05, 3.63) is 48.5 Å². The van der Waals surface area contributed by atoms with Crippen LogP contribution in [0.1, 0.15) is 23.2 Å². The van der Waals surface area contributed by atoms with Crippen molar-refractivity contribution in [2.24, 2.45) is 5.92 Å². The molecule has 1 heterocycles. The molecule has 3 rings (SSSR count). The number of nitrogens with zero attached hydrogens (tertiary/aromatic N) is 2. The molecular weight excluding hydrogens is 294 g/mol. The molecule has 1 aliphatic rings. The van der Waals surface area contributed by atoms with Gasteiger partial charge in [-0.25, -0.2) is 4.98 Å². The van der Waals surface area contributed by atoms with Crippen LogP contribution < -0.4 is 5.32 Å². The number of ether oxygens (including phenoxy) is 1. The quantitative estimate of drug-likeness (QED) is 0.772. The lowest BCUT2D eigenvalue weighted by molar-refractivity contribution is 0.0320. The molecule has 6 heteroatoms. The monoisotopic (exact) mass is 315 g/mol. The normalized spacial score (nSPS) is 15.3. The summed E-state index contributed by atoms with van der Waals surface area (Å²) in [4.78, 5) is 16.2. The fourth-order valence-electron chi connectivity index (χ4n) is 2.25. The number of benzene rings is 1. The standard InChI is InChI=1S/C17H21N3O3/c21-16(11-23-10-13-4-5-13)9-19-17(22)14-2-1-3-15(8-14)20-7-6-18-12-20/h1-3,6-8,12-13,16,21H,4-5,9-11H2,(H,19,22). The lowest BCUT2D eigenvalue weighted by Gasteiger charge is -2.13. The van der Waals surface area contributed by atoms with E-state index in [0.29, 0.717) is 18.1 Å². The average Bonchev–Trinajstić information content (AvgIpc) is 3.23. The van der Waals surface area contributed by atoms with Crippen molar-refractivity contribution >= 4 is 5.91 Å². The van der Waals surface area contributed by atoms with Gasteiger partial charge in [0.1, 0.15) is 0 Å². The molecule has 0 spiro atoms. The zero-order valence-corrected chi connectivity index (χ0v) is 12.9. The minimum Gasteiger partial charge on any atom is -0.389 e. The van der Waals surface area contributed by atoms with Crippen molar-refractivity contribution in [2.75, 3.05) is 19.8 Å². The van der Waals surface area contributed by atoms with Crippen LogP contribution in [0.3, 0.4) is 0 Å². The summed E-state index contributed by atoms with van der Waals surface area (Å²) < 4.78 is 7.24. The van der Waals surface area contributed by atoms with Crippen molar-refractivity contribution < 1.29 is 14.6 Å². The Balaban J connectivity index is 1.48. The Morgan fingerprint density at radius 1 is 1.48 bits per heavy atom. The molecule has 1 atom stereocenters. The van der Waals surface area contributed by atoms with E-state index in [1.165, 1.54) is 12.8 Å². The maximum Gasteiger partial charge on any atom is 0.251 e. The molecule has 0 saturated heterocycles. The van der Waals surface area contributed by atoms with Crippen molar-refractivity contribution in [2.45, 2.75) is 18.9 Å². The average molecular weight is 315 g/mol. The first-order valence-electron chi connectivity index (χ1n) is 7.85. The zero-order valence-electron chi connectivity index (χ0n) is 12.9. The highest BCUT2D eigenvalue weighted by atomic mass is 16.5. The van der Waals surface area contributed by atoms with Gasteiger partial charge in [0.2, 0.25) is 0 Å². The second kappa shape index (κ2) is 7.39. The highest BCUT2D eigenvalue weighted by Gasteiger charge is 2.21. The van der Waals surface area contributed by atoms with E-state index in [2.05, 4.69) is 10.3 Å². The third-order valence-corrected chi connectivity index (χ3v) is 3.77. The lowest BCUT2D eigenvalue weighted by atomic mass is 10.2. The fraction of sp³-hybridized carbons (Fsp3) is 0.412. The van der Waals surface area contributed by atoms with Gasteiger partial charge in [-0.1, -0.05) is 6.07 Å². The van der Waals surface area contributed by atoms with Gasteiger partial charge < -0.3 is 19.7 Å². The molecule has 0 radical (unpaired) electrons. The molecular formula is C17H21N3O3. The molecule has 1 fully saturated rings. The fourth-order valence-corrected chi connectivity index (χ4v) is 2.25. The number of imidazole rings is 1. The number of carbonyl (C=O) groups excluding carboxylic acids is 1. The lowest BCUT2D eigenvalue weighted by Crippen LogP contribution is -2.34. The number of nitrogens with one attached hydrogen (secondary N) is 1. The summed E-state index contributed by atoms with van der Waals surface area (Å²) in [6.45, 7) is 1.14. The molecule has 0 bridgehead atoms. The molecule has 6 nitrogen and oxygen atoms in total. The van der Waals surface area contributed by atoms with E-state index in [1.54, 1.807) is 24.7 Å². The molecule has 23 heavy (non-hydrogen) atoms. The molecule has 122 valence electrons. The van der Waals surface area contributed by atoms with E-state index in [1.807, 2.05) is 22.9 Å². The second-order valence-corrected chi connectivity index (χ2v) is 5.86. The van der Waals surface area contributed by atoms with E-state index in [4.69, 9.17) is 4.74 Å². The maximum absolute atomic E-state index is 12.2. The number of rotatable bonds is 8. The van der Waals surface area contributed by atoms with Gasteiger partial charge in [0.25, 0.3) is 5.91 Å². The van der Waals surface area contributed by atoms with Crippen LogP contribution in [0.4, 0.5) is 0 Å². The largest absolute Gasteiger partial charge is 0.389 e. The Hall–Kier alpha value is -2.18. The summed E-state index contributed by atoms with van der Waals surface area (Å²) >= 11 is 0. The summed E-state index contributed by atoms with van der Waals surface area (Å²) in [7, 11) is 0. The molecule has 0 aliphatic heterocycles. The van der Waals surface area contributed by atoms with E-state index in [0.717, 1.165) is 5.69 Å². The van der Waals surface area contributed by atoms with Crippen molar-refractivity contribution in [1.29, 1.82) is 0 Å². The minimum absolute atomic E-state index is 0.179. The molecule has 1 amide bonds. The SMILES string of the molecule is O=C(NCC(O)COCC1CC1)c1cccc(-n2ccnc2)c1. The Labute approximate surface area is 135 Å². The number of aliphatic hydroxyl groups excluding tert-OH is 1. The summed E-state index contributed by atoms with van der Waals surface area (Å²) in [5.74, 6) is 0.455. The molecule has 1 aliphatic carbocycles. The van der Waals surface area contributed by atoms with Gasteiger partial charge in [-0.2, -0.15) is 0 Å². The smallest absolute Gasteiger partial charge is 0.251 e. The van der Waals surface area contributed by atoms with E-state index >= 15 is 0 Å². The molecule has 2 N–H and O–H groups in total. The maximum atomic E-state index is 12.2. The molecule has 1 aromatic heterocycles. The summed E-state index contributed by atoms with van der Waals surface area (Å²) in [6.07, 6.45) is 6.94. The van der Waals surface area contributed by atoms with E-state index < -0.39 is 6.10 Å². The van der Waals surface area contributed by atoms with Crippen LogP contribution in [-0.2, 0) is 4.74 Å². The molecule has 2 aromatic rings. The topological polar surface area (TPSA) is 76.4 Å². The summed E-state index contributed by atoms with van der Waals surface area (Å²) in [5.41, 5.74) is 1.41. The van der Waals surface area contributed by atoms with Crippen LogP contribution >= 0.6 is 0 Å². The first-order valence-corrected chi connectivity index (χ1v) is 7.85. The van der Waals surface area contributed by atoms with Gasteiger partial charge in [0.15, 0.2) is 0 Å². The third-order valence-electron chi connectivity index (χ3n) is 3.77. The number of carbonyl (C=O) groups is 1. The van der Waals surface area contributed by atoms with Gasteiger partial charge >= 0.3 is 0 Å². The van der Waals surface area contributed by atoms with Gasteiger partial charge in [0.05, 0.1) is 19.0 Å². The van der Waals surface area contributed by atoms with Gasteiger partial charge in [-0.3, -0.25) is 4.79 Å². The third kappa shape index (κ3) is 4.64. The Morgan fingerprint density at radius 2 is 2.35 bits per heavy atom. The highest BCUT2D eigenvalue weighted by Crippen LogP contribution is 2.28. The number of aromatic nitrogens is 2. The minimum atomic E-state index is -0.686. The van der Waals surface area contributed by atoms with E-state index in [-0.39, 0.29) is 19.1 Å². The molecule has 1 aromatic carbocycles. The van der Waals surface area contributed by atoms with Gasteiger partial charge in [-0.15, -0.1) is 0 Å². The number of aliphatic hydroxyl groups is 1. The van der Waals surface area contributed by atoms with Gasteiger partial charge in [0, 0.05) is 36.8 Å². The van der Waals surface area contributed by atoms with Crippen LogP contribution in [0.25, 0.3) is 5.69 Å². The highest BCUT2D eigenvalue weighted by molar-refractivity contribution is 5.94. The van der Waals surface area contributed by atoms with E-state index in [9.17, 15) is 9.90 Å². The summed E-state index contributed by atoms with van der Waals surface area (Å²) in [5, 5.41) is 12.6. The van der Waals surface area contributed by atoms with Crippen LogP contribution in [0, 0.1) is 5.92 Å². The first-order chi connectivity index (χ1) is 11.2.